The minimum absolute atomic E-state index is 0. The molecule has 2 N–H and O–H groups in total. The molecule has 0 saturated carbocycles. The van der Waals surface area contributed by atoms with E-state index < -0.39 is 6.10 Å². The zero-order valence-electron chi connectivity index (χ0n) is 4.18. The number of hydrogen-bond donors (Lipinski definition) is 2. The molecule has 0 aromatic rings. The predicted octanol–water partition coefficient (Wildman–Crippen LogP) is -0.190. The van der Waals surface area contributed by atoms with Gasteiger partial charge in [0.05, 0.1) is 12.7 Å². The lowest BCUT2D eigenvalue weighted by Gasteiger charge is -1.90. The summed E-state index contributed by atoms with van der Waals surface area (Å²) in [4.78, 5) is 0. The smallest absolute Gasteiger partial charge is 0.0742 e. The van der Waals surface area contributed by atoms with Crippen LogP contribution >= 0.6 is 0 Å². The van der Waals surface area contributed by atoms with Crippen LogP contribution in [0.1, 0.15) is 6.92 Å². The van der Waals surface area contributed by atoms with Crippen LogP contribution < -0.4 is 0 Å². The van der Waals surface area contributed by atoms with Gasteiger partial charge >= 0.3 is 0 Å². The molecule has 0 aliphatic rings. The number of rotatable bonds is 1. The van der Waals surface area contributed by atoms with Crippen molar-refractivity contribution in [2.75, 3.05) is 6.61 Å². The topological polar surface area (TPSA) is 40.5 Å². The summed E-state index contributed by atoms with van der Waals surface area (Å²) in [7, 11) is 0. The van der Waals surface area contributed by atoms with Crippen molar-refractivity contribution in [2.24, 2.45) is 0 Å². The largest absolute Gasteiger partial charge is 0.394 e. The molecule has 0 fully saturated rings. The third kappa shape index (κ3) is 9.07. The molecule has 39 valence electrons. The lowest BCUT2D eigenvalue weighted by atomic mass is 10.5. The van der Waals surface area contributed by atoms with Gasteiger partial charge in [-0.15, -0.1) is 0 Å². The van der Waals surface area contributed by atoms with Crippen molar-refractivity contribution in [2.45, 2.75) is 13.0 Å². The van der Waals surface area contributed by atoms with Crippen LogP contribution in [0.15, 0.2) is 0 Å². The van der Waals surface area contributed by atoms with Gasteiger partial charge in [-0.3, -0.25) is 0 Å². The number of aliphatic hydroxyl groups is 2. The zero-order valence-corrected chi connectivity index (χ0v) is 4.18. The minimum Gasteiger partial charge on any atom is -0.394 e. The monoisotopic (exact) mass is 91.1 g/mol. The van der Waals surface area contributed by atoms with Crippen LogP contribution in [0.2, 0.25) is 0 Å². The molecule has 0 amide bonds. The molecule has 0 rings (SSSR count). The van der Waals surface area contributed by atoms with E-state index in [0.29, 0.717) is 0 Å². The molecule has 2 heteroatoms. The fraction of sp³-hybridized carbons (Fsp3) is 0.750. The molecule has 0 saturated heterocycles. The third-order valence-corrected chi connectivity index (χ3v) is 0.264. The van der Waals surface area contributed by atoms with E-state index in [9.17, 15) is 0 Å². The highest BCUT2D eigenvalue weighted by molar-refractivity contribution is 4.33. The SMILES string of the molecule is CC(O)CO.[CH3]. The van der Waals surface area contributed by atoms with Crippen LogP contribution in [-0.4, -0.2) is 22.9 Å². The van der Waals surface area contributed by atoms with Gasteiger partial charge in [-0.05, 0) is 6.92 Å². The Balaban J connectivity index is 0. The van der Waals surface area contributed by atoms with Gasteiger partial charge in [0.25, 0.3) is 0 Å². The molecule has 1 unspecified atom stereocenters. The Bertz CT molecular complexity index is 19.5. The van der Waals surface area contributed by atoms with E-state index in [1.807, 2.05) is 0 Å². The average molecular weight is 91.1 g/mol. The van der Waals surface area contributed by atoms with E-state index in [1.165, 1.54) is 6.92 Å². The molecule has 0 aliphatic heterocycles. The number of aliphatic hydroxyl groups excluding tert-OH is 2. The van der Waals surface area contributed by atoms with Crippen LogP contribution in [0.4, 0.5) is 0 Å². The zero-order chi connectivity index (χ0) is 4.28. The maximum atomic E-state index is 8.11. The van der Waals surface area contributed by atoms with Gasteiger partial charge < -0.3 is 10.2 Å². The lowest BCUT2D eigenvalue weighted by Crippen LogP contribution is -2.03. The second-order valence-electron chi connectivity index (χ2n) is 1.03. The summed E-state index contributed by atoms with van der Waals surface area (Å²) in [5, 5.41) is 16.0. The first-order chi connectivity index (χ1) is 2.27. The van der Waals surface area contributed by atoms with Gasteiger partial charge in [-0.2, -0.15) is 0 Å². The van der Waals surface area contributed by atoms with E-state index in [0.717, 1.165) is 0 Å². The quantitative estimate of drug-likeness (QED) is 0.469. The molecule has 0 aromatic heterocycles. The summed E-state index contributed by atoms with van der Waals surface area (Å²) in [6.45, 7) is 1.39. The Morgan fingerprint density at radius 3 is 1.83 bits per heavy atom. The Morgan fingerprint density at radius 2 is 1.83 bits per heavy atom. The Hall–Kier alpha value is -0.0800. The maximum absolute atomic E-state index is 8.11. The minimum atomic E-state index is -0.560. The second kappa shape index (κ2) is 4.92. The first-order valence-electron chi connectivity index (χ1n) is 1.56. The molecule has 0 spiro atoms. The number of hydrogen-bond acceptors (Lipinski definition) is 2. The lowest BCUT2D eigenvalue weighted by molar-refractivity contribution is 0.110. The normalized spacial score (nSPS) is 12.5. The van der Waals surface area contributed by atoms with Gasteiger partial charge in [-0.1, -0.05) is 7.43 Å². The molecule has 0 aliphatic carbocycles. The highest BCUT2D eigenvalue weighted by Gasteiger charge is 1.83. The fourth-order valence-electron chi connectivity index (χ4n) is 0. The van der Waals surface area contributed by atoms with Crippen molar-refractivity contribution in [1.82, 2.24) is 0 Å². The Labute approximate surface area is 38.4 Å². The molecule has 1 atom stereocenters. The molecule has 0 bridgehead atoms. The van der Waals surface area contributed by atoms with Crippen molar-refractivity contribution in [3.63, 3.8) is 0 Å². The van der Waals surface area contributed by atoms with E-state index in [-0.39, 0.29) is 14.0 Å². The summed E-state index contributed by atoms with van der Waals surface area (Å²) in [5.41, 5.74) is 0. The average Bonchev–Trinajstić information content (AvgIpc) is 1.38. The second-order valence-corrected chi connectivity index (χ2v) is 1.03. The first kappa shape index (κ1) is 9.33. The van der Waals surface area contributed by atoms with E-state index in [1.54, 1.807) is 0 Å². The van der Waals surface area contributed by atoms with Crippen LogP contribution in [0.3, 0.4) is 0 Å². The van der Waals surface area contributed by atoms with Crippen molar-refractivity contribution in [1.29, 1.82) is 0 Å². The maximum Gasteiger partial charge on any atom is 0.0742 e. The van der Waals surface area contributed by atoms with Crippen molar-refractivity contribution in [3.8, 4) is 0 Å². The molecule has 0 aromatic carbocycles. The predicted molar refractivity (Wildman–Crippen MR) is 25.2 cm³/mol. The highest BCUT2D eigenvalue weighted by Crippen LogP contribution is 1.68. The standard InChI is InChI=1S/C3H8O2.CH3/c1-3(5)2-4;/h3-5H,2H2,1H3;1H3. The molecule has 6 heavy (non-hydrogen) atoms. The Morgan fingerprint density at radius 1 is 1.67 bits per heavy atom. The fourth-order valence-corrected chi connectivity index (χ4v) is 0. The molecule has 2 nitrogen and oxygen atoms in total. The van der Waals surface area contributed by atoms with Crippen LogP contribution in [0, 0.1) is 7.43 Å². The van der Waals surface area contributed by atoms with Crippen molar-refractivity contribution < 1.29 is 10.2 Å². The van der Waals surface area contributed by atoms with Crippen molar-refractivity contribution >= 4 is 0 Å². The molecule has 0 heterocycles. The summed E-state index contributed by atoms with van der Waals surface area (Å²) in [5.74, 6) is 0. The van der Waals surface area contributed by atoms with Gasteiger partial charge in [-0.25, -0.2) is 0 Å². The van der Waals surface area contributed by atoms with Gasteiger partial charge in [0, 0.05) is 0 Å². The molecule has 1 radical (unpaired) electrons. The summed E-state index contributed by atoms with van der Waals surface area (Å²) in [6.07, 6.45) is -0.560. The highest BCUT2D eigenvalue weighted by atomic mass is 16.3. The first-order valence-corrected chi connectivity index (χ1v) is 1.56. The third-order valence-electron chi connectivity index (χ3n) is 0.264. The van der Waals surface area contributed by atoms with Crippen LogP contribution in [0.5, 0.6) is 0 Å². The van der Waals surface area contributed by atoms with E-state index in [2.05, 4.69) is 0 Å². The van der Waals surface area contributed by atoms with Gasteiger partial charge in [0.15, 0.2) is 0 Å². The van der Waals surface area contributed by atoms with Crippen molar-refractivity contribution in [3.05, 3.63) is 7.43 Å². The van der Waals surface area contributed by atoms with Gasteiger partial charge in [0.1, 0.15) is 0 Å². The Kier molecular flexibility index (Phi) is 7.65. The van der Waals surface area contributed by atoms with Gasteiger partial charge in [0.2, 0.25) is 0 Å². The summed E-state index contributed by atoms with van der Waals surface area (Å²) >= 11 is 0. The van der Waals surface area contributed by atoms with Crippen LogP contribution in [0.25, 0.3) is 0 Å². The summed E-state index contributed by atoms with van der Waals surface area (Å²) in [6, 6.07) is 0. The van der Waals surface area contributed by atoms with E-state index >= 15 is 0 Å². The molecular weight excluding hydrogens is 80.0 g/mol. The summed E-state index contributed by atoms with van der Waals surface area (Å²) < 4.78 is 0. The van der Waals surface area contributed by atoms with E-state index in [4.69, 9.17) is 10.2 Å². The molecular formula is C4H11O2. The van der Waals surface area contributed by atoms with Crippen LogP contribution in [-0.2, 0) is 0 Å².